The Bertz CT molecular complexity index is 323. The molecule has 4 heteroatoms. The van der Waals surface area contributed by atoms with Crippen LogP contribution in [-0.2, 0) is 11.1 Å². The molecule has 1 aromatic rings. The molecule has 0 bridgehead atoms. The van der Waals surface area contributed by atoms with E-state index in [9.17, 15) is 4.21 Å². The van der Waals surface area contributed by atoms with E-state index in [1.165, 1.54) is 0 Å². The van der Waals surface area contributed by atoms with Gasteiger partial charge in [0.15, 0.2) is 11.1 Å². The third-order valence-corrected chi connectivity index (χ3v) is 2.28. The van der Waals surface area contributed by atoms with Crippen molar-refractivity contribution < 1.29 is 13.5 Å². The van der Waals surface area contributed by atoms with Crippen LogP contribution in [-0.4, -0.2) is 15.4 Å². The predicted molar refractivity (Wildman–Crippen MR) is 51.4 cm³/mol. The predicted octanol–water partition coefficient (Wildman–Crippen LogP) is 1.97. The summed E-state index contributed by atoms with van der Waals surface area (Å²) in [6.45, 7) is 4.20. The third kappa shape index (κ3) is 2.54. The molecule has 1 N–H and O–H groups in total. The van der Waals surface area contributed by atoms with Crippen molar-refractivity contribution in [2.24, 2.45) is 0 Å². The van der Waals surface area contributed by atoms with Gasteiger partial charge in [-0.25, -0.2) is 4.21 Å². The topological polar surface area (TPSA) is 46.5 Å². The van der Waals surface area contributed by atoms with Crippen LogP contribution in [0.3, 0.4) is 0 Å². The van der Waals surface area contributed by atoms with E-state index in [1.807, 2.05) is 19.9 Å². The van der Waals surface area contributed by atoms with Crippen molar-refractivity contribution in [3.63, 3.8) is 0 Å². The lowest BCUT2D eigenvalue weighted by atomic mass is 10.2. The number of hydrogen-bond acceptors (Lipinski definition) is 2. The second kappa shape index (κ2) is 4.39. The van der Waals surface area contributed by atoms with Gasteiger partial charge in [-0.15, -0.1) is 0 Å². The summed E-state index contributed by atoms with van der Waals surface area (Å²) in [5, 5.41) is 0. The van der Waals surface area contributed by atoms with E-state index >= 15 is 0 Å². The Morgan fingerprint density at radius 1 is 1.54 bits per heavy atom. The van der Waals surface area contributed by atoms with E-state index in [0.717, 1.165) is 5.56 Å². The van der Waals surface area contributed by atoms with Gasteiger partial charge in [0.05, 0.1) is 6.61 Å². The molecule has 72 valence electrons. The van der Waals surface area contributed by atoms with Gasteiger partial charge in [0, 0.05) is 0 Å². The van der Waals surface area contributed by atoms with E-state index in [1.54, 1.807) is 12.1 Å². The lowest BCUT2D eigenvalue weighted by molar-refractivity contribution is 0.330. The summed E-state index contributed by atoms with van der Waals surface area (Å²) in [6, 6.07) is 5.21. The quantitative estimate of drug-likeness (QED) is 0.759. The number of benzene rings is 1. The lowest BCUT2D eigenvalue weighted by Gasteiger charge is -2.07. The molecule has 1 aromatic carbocycles. The molecule has 0 aliphatic heterocycles. The Balaban J connectivity index is 3.10. The Labute approximate surface area is 80.0 Å². The molecule has 0 fully saturated rings. The standard InChI is InChI=1S/C9H12O3S/c1-3-12-8-5-4-7(2)6-9(8)13(10)11/h4-6H,3H2,1-2H3,(H,10,11). The summed E-state index contributed by atoms with van der Waals surface area (Å²) in [7, 11) is 0. The van der Waals surface area contributed by atoms with Crippen molar-refractivity contribution >= 4 is 11.1 Å². The van der Waals surface area contributed by atoms with E-state index in [4.69, 9.17) is 9.29 Å². The van der Waals surface area contributed by atoms with E-state index in [-0.39, 0.29) is 0 Å². The first-order valence-corrected chi connectivity index (χ1v) is 5.10. The lowest BCUT2D eigenvalue weighted by Crippen LogP contribution is -1.98. The first-order valence-electron chi connectivity index (χ1n) is 3.99. The molecule has 1 unspecified atom stereocenters. The zero-order valence-electron chi connectivity index (χ0n) is 7.61. The number of rotatable bonds is 3. The summed E-state index contributed by atoms with van der Waals surface area (Å²) in [5.74, 6) is 0.480. The molecule has 13 heavy (non-hydrogen) atoms. The number of hydrogen-bond donors (Lipinski definition) is 1. The number of aryl methyl sites for hydroxylation is 1. The first kappa shape index (κ1) is 10.2. The summed E-state index contributed by atoms with van der Waals surface area (Å²) in [5.41, 5.74) is 0.945. The fraction of sp³-hybridized carbons (Fsp3) is 0.333. The third-order valence-electron chi connectivity index (χ3n) is 1.59. The van der Waals surface area contributed by atoms with Crippen molar-refractivity contribution in [1.29, 1.82) is 0 Å². The van der Waals surface area contributed by atoms with Crippen LogP contribution in [0, 0.1) is 6.92 Å². The van der Waals surface area contributed by atoms with Crippen molar-refractivity contribution in [2.45, 2.75) is 18.7 Å². The zero-order valence-corrected chi connectivity index (χ0v) is 8.43. The molecular formula is C9H12O3S. The minimum Gasteiger partial charge on any atom is -0.493 e. The van der Waals surface area contributed by atoms with E-state index < -0.39 is 11.1 Å². The van der Waals surface area contributed by atoms with Gasteiger partial charge in [-0.2, -0.15) is 0 Å². The highest BCUT2D eigenvalue weighted by atomic mass is 32.2. The highest BCUT2D eigenvalue weighted by Gasteiger charge is 2.08. The van der Waals surface area contributed by atoms with E-state index in [2.05, 4.69) is 0 Å². The van der Waals surface area contributed by atoms with Gasteiger partial charge in [0.1, 0.15) is 10.6 Å². The summed E-state index contributed by atoms with van der Waals surface area (Å²) >= 11 is -1.98. The fourth-order valence-corrected chi connectivity index (χ4v) is 1.61. The zero-order chi connectivity index (χ0) is 9.84. The Hall–Kier alpha value is -0.870. The van der Waals surface area contributed by atoms with Crippen LogP contribution >= 0.6 is 0 Å². The smallest absolute Gasteiger partial charge is 0.190 e. The molecule has 0 heterocycles. The van der Waals surface area contributed by atoms with Crippen LogP contribution < -0.4 is 4.74 Å². The minimum absolute atomic E-state index is 0.335. The van der Waals surface area contributed by atoms with Crippen molar-refractivity contribution in [3.8, 4) is 5.75 Å². The van der Waals surface area contributed by atoms with Crippen LogP contribution in [0.1, 0.15) is 12.5 Å². The second-order valence-corrected chi connectivity index (χ2v) is 3.57. The molecule has 0 aliphatic rings. The fourth-order valence-electron chi connectivity index (χ4n) is 1.03. The Morgan fingerprint density at radius 3 is 2.77 bits per heavy atom. The van der Waals surface area contributed by atoms with Gasteiger partial charge in [-0.1, -0.05) is 6.07 Å². The van der Waals surface area contributed by atoms with Gasteiger partial charge in [0.25, 0.3) is 0 Å². The number of ether oxygens (including phenoxy) is 1. The maximum atomic E-state index is 10.9. The van der Waals surface area contributed by atoms with Gasteiger partial charge in [0.2, 0.25) is 0 Å². The molecule has 0 spiro atoms. The van der Waals surface area contributed by atoms with Gasteiger partial charge in [-0.3, -0.25) is 0 Å². The molecule has 0 aliphatic carbocycles. The molecule has 3 nitrogen and oxygen atoms in total. The molecule has 0 aromatic heterocycles. The average Bonchev–Trinajstić information content (AvgIpc) is 2.08. The van der Waals surface area contributed by atoms with Crippen LogP contribution in [0.2, 0.25) is 0 Å². The van der Waals surface area contributed by atoms with E-state index in [0.29, 0.717) is 17.3 Å². The van der Waals surface area contributed by atoms with Gasteiger partial charge in [-0.05, 0) is 31.5 Å². The molecule has 1 atom stereocenters. The Morgan fingerprint density at radius 2 is 2.23 bits per heavy atom. The van der Waals surface area contributed by atoms with Crippen molar-refractivity contribution in [2.75, 3.05) is 6.61 Å². The summed E-state index contributed by atoms with van der Waals surface area (Å²) < 4.78 is 25.0. The van der Waals surface area contributed by atoms with Crippen LogP contribution in [0.4, 0.5) is 0 Å². The monoisotopic (exact) mass is 200 g/mol. The summed E-state index contributed by atoms with van der Waals surface area (Å²) in [4.78, 5) is 0.335. The average molecular weight is 200 g/mol. The maximum Gasteiger partial charge on any atom is 0.190 e. The second-order valence-electron chi connectivity index (χ2n) is 2.63. The van der Waals surface area contributed by atoms with Gasteiger partial charge < -0.3 is 9.29 Å². The molecule has 0 radical (unpaired) electrons. The van der Waals surface area contributed by atoms with Crippen LogP contribution in [0.5, 0.6) is 5.75 Å². The molecule has 0 saturated carbocycles. The molecule has 1 rings (SSSR count). The Kier molecular flexibility index (Phi) is 3.45. The van der Waals surface area contributed by atoms with Crippen molar-refractivity contribution in [1.82, 2.24) is 0 Å². The molecule has 0 saturated heterocycles. The molecular weight excluding hydrogens is 188 g/mol. The van der Waals surface area contributed by atoms with Gasteiger partial charge >= 0.3 is 0 Å². The molecule has 0 amide bonds. The van der Waals surface area contributed by atoms with Crippen molar-refractivity contribution in [3.05, 3.63) is 23.8 Å². The van der Waals surface area contributed by atoms with Crippen LogP contribution in [0.15, 0.2) is 23.1 Å². The normalized spacial score (nSPS) is 12.5. The minimum atomic E-state index is -1.98. The SMILES string of the molecule is CCOc1ccc(C)cc1S(=O)O. The van der Waals surface area contributed by atoms with Crippen LogP contribution in [0.25, 0.3) is 0 Å². The highest BCUT2D eigenvalue weighted by Crippen LogP contribution is 2.22. The maximum absolute atomic E-state index is 10.9. The highest BCUT2D eigenvalue weighted by molar-refractivity contribution is 7.79. The summed E-state index contributed by atoms with van der Waals surface area (Å²) in [6.07, 6.45) is 0. The largest absolute Gasteiger partial charge is 0.493 e. The first-order chi connectivity index (χ1) is 6.15.